The van der Waals surface area contributed by atoms with Gasteiger partial charge in [0.1, 0.15) is 17.6 Å². The molecule has 2 heterocycles. The van der Waals surface area contributed by atoms with Crippen LogP contribution in [0.2, 0.25) is 0 Å². The van der Waals surface area contributed by atoms with Crippen molar-refractivity contribution < 1.29 is 33.7 Å². The van der Waals surface area contributed by atoms with Gasteiger partial charge in [-0.3, -0.25) is 9.59 Å². The standard InChI is InChI=1S/C25H25NO7/c1-14-12-18-13-17(8-9-19(18)33-14)22(27)20-21(26(10-11-31-2)24(29)23(20)28)15-4-6-16(7-5-15)25(30)32-3/h4-9,13-14,21,27H,10-12H2,1-3H3/b22-20+/t14-,21-/m0/s1. The molecule has 2 atom stereocenters. The van der Waals surface area contributed by atoms with Crippen molar-refractivity contribution in [3.63, 3.8) is 0 Å². The number of esters is 1. The molecule has 1 saturated heterocycles. The van der Waals surface area contributed by atoms with E-state index in [0.717, 1.165) is 11.3 Å². The summed E-state index contributed by atoms with van der Waals surface area (Å²) in [4.78, 5) is 39.1. The Morgan fingerprint density at radius 2 is 1.82 bits per heavy atom. The minimum Gasteiger partial charge on any atom is -0.507 e. The molecule has 0 aliphatic carbocycles. The van der Waals surface area contributed by atoms with E-state index in [9.17, 15) is 19.5 Å². The van der Waals surface area contributed by atoms with Gasteiger partial charge >= 0.3 is 5.97 Å². The number of carbonyl (C=O) groups is 3. The van der Waals surface area contributed by atoms with Crippen molar-refractivity contribution in [1.82, 2.24) is 4.90 Å². The highest BCUT2D eigenvalue weighted by Gasteiger charge is 2.46. The second-order valence-electron chi connectivity index (χ2n) is 8.05. The predicted molar refractivity (Wildman–Crippen MR) is 119 cm³/mol. The molecule has 1 fully saturated rings. The van der Waals surface area contributed by atoms with Crippen molar-refractivity contribution in [3.8, 4) is 5.75 Å². The molecule has 1 amide bonds. The predicted octanol–water partition coefficient (Wildman–Crippen LogP) is 2.86. The summed E-state index contributed by atoms with van der Waals surface area (Å²) in [5.74, 6) is -1.48. The van der Waals surface area contributed by atoms with Gasteiger partial charge in [-0.2, -0.15) is 0 Å². The number of Topliss-reactive ketones (excluding diaryl/α,β-unsaturated/α-hetero) is 1. The number of nitrogens with zero attached hydrogens (tertiary/aromatic N) is 1. The summed E-state index contributed by atoms with van der Waals surface area (Å²) in [5, 5.41) is 11.2. The van der Waals surface area contributed by atoms with E-state index in [1.807, 2.05) is 6.92 Å². The number of benzene rings is 2. The van der Waals surface area contributed by atoms with Gasteiger partial charge in [0, 0.05) is 25.6 Å². The van der Waals surface area contributed by atoms with E-state index >= 15 is 0 Å². The zero-order valence-electron chi connectivity index (χ0n) is 18.7. The van der Waals surface area contributed by atoms with Gasteiger partial charge in [0.25, 0.3) is 11.7 Å². The monoisotopic (exact) mass is 451 g/mol. The van der Waals surface area contributed by atoms with E-state index < -0.39 is 23.7 Å². The summed E-state index contributed by atoms with van der Waals surface area (Å²) < 4.78 is 15.6. The molecule has 0 unspecified atom stereocenters. The number of hydrogen-bond donors (Lipinski definition) is 1. The first-order chi connectivity index (χ1) is 15.8. The summed E-state index contributed by atoms with van der Waals surface area (Å²) >= 11 is 0. The molecule has 2 aromatic carbocycles. The lowest BCUT2D eigenvalue weighted by Crippen LogP contribution is -2.32. The minimum atomic E-state index is -0.824. The lowest BCUT2D eigenvalue weighted by molar-refractivity contribution is -0.140. The largest absolute Gasteiger partial charge is 0.507 e. The van der Waals surface area contributed by atoms with Crippen LogP contribution in [0.1, 0.15) is 40.0 Å². The van der Waals surface area contributed by atoms with Crippen LogP contribution in [0.15, 0.2) is 48.0 Å². The number of ether oxygens (including phenoxy) is 3. The number of aliphatic hydroxyl groups is 1. The molecule has 2 aliphatic heterocycles. The number of amides is 1. The summed E-state index contributed by atoms with van der Waals surface area (Å²) in [5.41, 5.74) is 2.28. The Kier molecular flexibility index (Phi) is 6.20. The summed E-state index contributed by atoms with van der Waals surface area (Å²) in [7, 11) is 2.79. The average Bonchev–Trinajstić information content (AvgIpc) is 3.32. The molecule has 0 radical (unpaired) electrons. The van der Waals surface area contributed by atoms with Crippen molar-refractivity contribution in [1.29, 1.82) is 0 Å². The van der Waals surface area contributed by atoms with E-state index in [-0.39, 0.29) is 30.6 Å². The Labute approximate surface area is 191 Å². The third kappa shape index (κ3) is 4.09. The maximum absolute atomic E-state index is 13.0. The van der Waals surface area contributed by atoms with E-state index in [0.29, 0.717) is 23.1 Å². The quantitative estimate of drug-likeness (QED) is 0.312. The molecule has 172 valence electrons. The molecule has 0 bridgehead atoms. The van der Waals surface area contributed by atoms with Gasteiger partial charge in [-0.15, -0.1) is 0 Å². The van der Waals surface area contributed by atoms with Gasteiger partial charge in [0.15, 0.2) is 0 Å². The van der Waals surface area contributed by atoms with E-state index in [2.05, 4.69) is 0 Å². The Bertz CT molecular complexity index is 1140. The number of ketones is 1. The normalized spacial score (nSPS) is 21.1. The number of likely N-dealkylation sites (tertiary alicyclic amines) is 1. The summed E-state index contributed by atoms with van der Waals surface area (Å²) in [6, 6.07) is 10.8. The molecule has 33 heavy (non-hydrogen) atoms. The highest BCUT2D eigenvalue weighted by Crippen LogP contribution is 2.40. The van der Waals surface area contributed by atoms with Gasteiger partial charge in [-0.05, 0) is 48.4 Å². The fourth-order valence-corrected chi connectivity index (χ4v) is 4.29. The summed E-state index contributed by atoms with van der Waals surface area (Å²) in [6.45, 7) is 2.34. The highest BCUT2D eigenvalue weighted by atomic mass is 16.5. The fraction of sp³-hybridized carbons (Fsp3) is 0.320. The number of fused-ring (bicyclic) bond motifs is 1. The molecule has 1 N–H and O–H groups in total. The fourth-order valence-electron chi connectivity index (χ4n) is 4.29. The van der Waals surface area contributed by atoms with E-state index in [4.69, 9.17) is 14.2 Å². The Morgan fingerprint density at radius 3 is 2.48 bits per heavy atom. The zero-order chi connectivity index (χ0) is 23.7. The van der Waals surface area contributed by atoms with Crippen molar-refractivity contribution in [2.45, 2.75) is 25.5 Å². The molecule has 2 aliphatic rings. The molecular formula is C25H25NO7. The van der Waals surface area contributed by atoms with Crippen LogP contribution >= 0.6 is 0 Å². The average molecular weight is 451 g/mol. The minimum absolute atomic E-state index is 0.00571. The number of aliphatic hydroxyl groups excluding tert-OH is 1. The molecule has 0 saturated carbocycles. The second-order valence-corrected chi connectivity index (χ2v) is 8.05. The van der Waals surface area contributed by atoms with Crippen LogP contribution in [-0.2, 0) is 25.5 Å². The van der Waals surface area contributed by atoms with Gasteiger partial charge < -0.3 is 24.2 Å². The number of methoxy groups -OCH3 is 2. The van der Waals surface area contributed by atoms with Crippen LogP contribution < -0.4 is 4.74 Å². The van der Waals surface area contributed by atoms with Crippen LogP contribution in [0.5, 0.6) is 5.75 Å². The number of rotatable bonds is 6. The van der Waals surface area contributed by atoms with E-state index in [1.54, 1.807) is 42.5 Å². The summed E-state index contributed by atoms with van der Waals surface area (Å²) in [6.07, 6.45) is 0.724. The van der Waals surface area contributed by atoms with Crippen LogP contribution in [0, 0.1) is 0 Å². The first-order valence-corrected chi connectivity index (χ1v) is 10.6. The molecule has 8 nitrogen and oxygen atoms in total. The smallest absolute Gasteiger partial charge is 0.337 e. The van der Waals surface area contributed by atoms with Crippen molar-refractivity contribution in [2.75, 3.05) is 27.4 Å². The van der Waals surface area contributed by atoms with Crippen LogP contribution in [-0.4, -0.2) is 61.1 Å². The van der Waals surface area contributed by atoms with Crippen LogP contribution in [0.4, 0.5) is 0 Å². The van der Waals surface area contributed by atoms with Crippen molar-refractivity contribution in [3.05, 3.63) is 70.3 Å². The second kappa shape index (κ2) is 9.07. The first-order valence-electron chi connectivity index (χ1n) is 10.6. The molecule has 8 heteroatoms. The molecule has 4 rings (SSSR count). The molecule has 0 aromatic heterocycles. The van der Waals surface area contributed by atoms with Crippen molar-refractivity contribution >= 4 is 23.4 Å². The van der Waals surface area contributed by atoms with Gasteiger partial charge in [0.2, 0.25) is 0 Å². The molecule has 2 aromatic rings. The Hall–Kier alpha value is -3.65. The van der Waals surface area contributed by atoms with Gasteiger partial charge in [-0.1, -0.05) is 12.1 Å². The number of hydrogen-bond acceptors (Lipinski definition) is 7. The Balaban J connectivity index is 1.80. The van der Waals surface area contributed by atoms with E-state index in [1.165, 1.54) is 19.1 Å². The third-order valence-corrected chi connectivity index (χ3v) is 5.89. The van der Waals surface area contributed by atoms with Crippen LogP contribution in [0.3, 0.4) is 0 Å². The topological polar surface area (TPSA) is 102 Å². The molecule has 0 spiro atoms. The SMILES string of the molecule is COCCN1C(=O)C(=O)/C(=C(/O)c2ccc3c(c2)C[C@H](C)O3)[C@@H]1c1ccc(C(=O)OC)cc1. The van der Waals surface area contributed by atoms with Gasteiger partial charge in [0.05, 0.1) is 30.9 Å². The maximum Gasteiger partial charge on any atom is 0.337 e. The third-order valence-electron chi connectivity index (χ3n) is 5.89. The van der Waals surface area contributed by atoms with Gasteiger partial charge in [-0.25, -0.2) is 4.79 Å². The zero-order valence-corrected chi connectivity index (χ0v) is 18.7. The first kappa shape index (κ1) is 22.5. The van der Waals surface area contributed by atoms with Crippen molar-refractivity contribution in [2.24, 2.45) is 0 Å². The van der Waals surface area contributed by atoms with Crippen LogP contribution in [0.25, 0.3) is 5.76 Å². The lowest BCUT2D eigenvalue weighted by atomic mass is 9.94. The lowest BCUT2D eigenvalue weighted by Gasteiger charge is -2.25. The number of carbonyl (C=O) groups excluding carboxylic acids is 3. The molecular weight excluding hydrogens is 426 g/mol. The Morgan fingerprint density at radius 1 is 1.12 bits per heavy atom. The highest BCUT2D eigenvalue weighted by molar-refractivity contribution is 6.46. The maximum atomic E-state index is 13.0.